The summed E-state index contributed by atoms with van der Waals surface area (Å²) in [4.78, 5) is 23.6. The Morgan fingerprint density at radius 1 is 1.14 bits per heavy atom. The molecule has 0 saturated carbocycles. The van der Waals surface area contributed by atoms with Gasteiger partial charge in [0.2, 0.25) is 0 Å². The van der Waals surface area contributed by atoms with E-state index in [2.05, 4.69) is 10.6 Å². The fourth-order valence-electron chi connectivity index (χ4n) is 2.05. The normalized spacial score (nSPS) is 16.9. The fourth-order valence-corrected chi connectivity index (χ4v) is 2.05. The minimum atomic E-state index is -1.23. The standard InChI is InChI=1S/C15H18N2O4/c1-9-6-5-7-11(12(9)16-4)17-8-10-13(18)20-15(2,3)21-14(10)19/h5-8,16-17H,1-4H3. The Hall–Kier alpha value is -2.50. The summed E-state index contributed by atoms with van der Waals surface area (Å²) in [6.07, 6.45) is 1.30. The topological polar surface area (TPSA) is 76.7 Å². The summed E-state index contributed by atoms with van der Waals surface area (Å²) < 4.78 is 10.0. The van der Waals surface area contributed by atoms with Gasteiger partial charge in [0, 0.05) is 27.1 Å². The van der Waals surface area contributed by atoms with Gasteiger partial charge in [-0.25, -0.2) is 9.59 Å². The summed E-state index contributed by atoms with van der Waals surface area (Å²) in [6, 6.07) is 5.66. The van der Waals surface area contributed by atoms with Crippen LogP contribution in [0.2, 0.25) is 0 Å². The van der Waals surface area contributed by atoms with Crippen LogP contribution in [0.5, 0.6) is 0 Å². The van der Waals surface area contributed by atoms with Crippen LogP contribution in [-0.2, 0) is 19.1 Å². The highest BCUT2D eigenvalue weighted by atomic mass is 16.7. The molecule has 1 fully saturated rings. The van der Waals surface area contributed by atoms with E-state index in [-0.39, 0.29) is 5.57 Å². The van der Waals surface area contributed by atoms with Crippen molar-refractivity contribution in [2.75, 3.05) is 17.7 Å². The minimum absolute atomic E-state index is 0.169. The molecule has 0 spiro atoms. The lowest BCUT2D eigenvalue weighted by Gasteiger charge is -2.29. The first-order valence-corrected chi connectivity index (χ1v) is 6.55. The lowest BCUT2D eigenvalue weighted by atomic mass is 10.1. The zero-order valence-corrected chi connectivity index (χ0v) is 12.4. The van der Waals surface area contributed by atoms with Crippen molar-refractivity contribution >= 4 is 23.3 Å². The molecular weight excluding hydrogens is 272 g/mol. The molecular formula is C15H18N2O4. The third kappa shape index (κ3) is 3.16. The molecule has 0 radical (unpaired) electrons. The number of nitrogens with one attached hydrogen (secondary N) is 2. The lowest BCUT2D eigenvalue weighted by molar-refractivity contribution is -0.222. The molecule has 112 valence electrons. The Bertz CT molecular complexity index is 598. The van der Waals surface area contributed by atoms with Crippen molar-refractivity contribution in [3.63, 3.8) is 0 Å². The highest BCUT2D eigenvalue weighted by molar-refractivity contribution is 6.15. The number of carbonyl (C=O) groups is 2. The molecule has 1 aromatic rings. The Morgan fingerprint density at radius 2 is 1.76 bits per heavy atom. The molecule has 0 unspecified atom stereocenters. The average Bonchev–Trinajstić information content (AvgIpc) is 2.36. The van der Waals surface area contributed by atoms with Gasteiger partial charge in [0.15, 0.2) is 5.57 Å². The molecule has 0 bridgehead atoms. The van der Waals surface area contributed by atoms with Gasteiger partial charge >= 0.3 is 11.9 Å². The molecule has 6 nitrogen and oxygen atoms in total. The Morgan fingerprint density at radius 3 is 2.33 bits per heavy atom. The summed E-state index contributed by atoms with van der Waals surface area (Å²) in [5.41, 5.74) is 2.50. The van der Waals surface area contributed by atoms with Crippen LogP contribution in [0.25, 0.3) is 0 Å². The SMILES string of the molecule is CNc1c(C)cccc1NC=C1C(=O)OC(C)(C)OC1=O. The Kier molecular flexibility index (Phi) is 3.88. The zero-order valence-electron chi connectivity index (χ0n) is 12.4. The van der Waals surface area contributed by atoms with Crippen molar-refractivity contribution in [2.24, 2.45) is 0 Å². The Balaban J connectivity index is 2.24. The number of hydrogen-bond acceptors (Lipinski definition) is 6. The van der Waals surface area contributed by atoms with E-state index in [1.165, 1.54) is 20.0 Å². The van der Waals surface area contributed by atoms with Gasteiger partial charge in [-0.1, -0.05) is 12.1 Å². The number of cyclic esters (lactones) is 2. The highest BCUT2D eigenvalue weighted by Crippen LogP contribution is 2.26. The maximum absolute atomic E-state index is 11.8. The van der Waals surface area contributed by atoms with Crippen molar-refractivity contribution in [3.8, 4) is 0 Å². The number of anilines is 2. The van der Waals surface area contributed by atoms with Crippen molar-refractivity contribution in [2.45, 2.75) is 26.6 Å². The number of esters is 2. The van der Waals surface area contributed by atoms with Gasteiger partial charge in [0.05, 0.1) is 11.4 Å². The van der Waals surface area contributed by atoms with E-state index >= 15 is 0 Å². The molecule has 1 aromatic carbocycles. The maximum atomic E-state index is 11.8. The minimum Gasteiger partial charge on any atom is -0.419 e. The van der Waals surface area contributed by atoms with E-state index in [1.807, 2.05) is 25.1 Å². The van der Waals surface area contributed by atoms with E-state index in [1.54, 1.807) is 7.05 Å². The molecule has 1 aliphatic heterocycles. The van der Waals surface area contributed by atoms with E-state index in [9.17, 15) is 9.59 Å². The second-order valence-corrected chi connectivity index (χ2v) is 5.13. The lowest BCUT2D eigenvalue weighted by Crippen LogP contribution is -2.42. The first kappa shape index (κ1) is 14.9. The number of aryl methyl sites for hydroxylation is 1. The number of ether oxygens (including phenoxy) is 2. The van der Waals surface area contributed by atoms with Crippen LogP contribution in [0.15, 0.2) is 30.0 Å². The summed E-state index contributed by atoms with van der Waals surface area (Å²) in [7, 11) is 1.80. The number of carbonyl (C=O) groups excluding carboxylic acids is 2. The summed E-state index contributed by atoms with van der Waals surface area (Å²) in [5, 5.41) is 6.00. The van der Waals surface area contributed by atoms with Gasteiger partial charge in [-0.05, 0) is 18.6 Å². The smallest absolute Gasteiger partial charge is 0.350 e. The molecule has 0 aliphatic carbocycles. The van der Waals surface area contributed by atoms with Gasteiger partial charge in [-0.3, -0.25) is 0 Å². The second kappa shape index (κ2) is 5.47. The van der Waals surface area contributed by atoms with Gasteiger partial charge in [-0.15, -0.1) is 0 Å². The van der Waals surface area contributed by atoms with E-state index < -0.39 is 17.7 Å². The summed E-state index contributed by atoms with van der Waals surface area (Å²) in [5.74, 6) is -2.64. The second-order valence-electron chi connectivity index (χ2n) is 5.13. The van der Waals surface area contributed by atoms with Crippen LogP contribution < -0.4 is 10.6 Å². The zero-order chi connectivity index (χ0) is 15.6. The largest absolute Gasteiger partial charge is 0.419 e. The molecule has 21 heavy (non-hydrogen) atoms. The number of benzene rings is 1. The fraction of sp³-hybridized carbons (Fsp3) is 0.333. The van der Waals surface area contributed by atoms with Gasteiger partial charge in [0.1, 0.15) is 0 Å². The maximum Gasteiger partial charge on any atom is 0.350 e. The predicted molar refractivity (Wildman–Crippen MR) is 78.7 cm³/mol. The van der Waals surface area contributed by atoms with Gasteiger partial charge in [-0.2, -0.15) is 0 Å². The summed E-state index contributed by atoms with van der Waals surface area (Å²) in [6.45, 7) is 4.97. The molecule has 0 amide bonds. The molecule has 1 heterocycles. The molecule has 2 N–H and O–H groups in total. The van der Waals surface area contributed by atoms with Crippen LogP contribution in [0.1, 0.15) is 19.4 Å². The third-order valence-corrected chi connectivity index (χ3v) is 3.01. The van der Waals surface area contributed by atoms with Crippen molar-refractivity contribution < 1.29 is 19.1 Å². The molecule has 6 heteroatoms. The van der Waals surface area contributed by atoms with Crippen LogP contribution in [-0.4, -0.2) is 24.8 Å². The molecule has 1 aliphatic rings. The predicted octanol–water partition coefficient (Wildman–Crippen LogP) is 2.17. The van der Waals surface area contributed by atoms with Gasteiger partial charge in [0.25, 0.3) is 5.79 Å². The number of hydrogen-bond donors (Lipinski definition) is 2. The van der Waals surface area contributed by atoms with Crippen LogP contribution in [0.3, 0.4) is 0 Å². The average molecular weight is 290 g/mol. The van der Waals surface area contributed by atoms with Crippen molar-refractivity contribution in [3.05, 3.63) is 35.5 Å². The quantitative estimate of drug-likeness (QED) is 0.505. The van der Waals surface area contributed by atoms with Crippen LogP contribution >= 0.6 is 0 Å². The molecule has 0 aromatic heterocycles. The van der Waals surface area contributed by atoms with E-state index in [0.29, 0.717) is 0 Å². The van der Waals surface area contributed by atoms with Crippen LogP contribution in [0.4, 0.5) is 11.4 Å². The number of para-hydroxylation sites is 1. The van der Waals surface area contributed by atoms with Gasteiger partial charge < -0.3 is 20.1 Å². The monoisotopic (exact) mass is 290 g/mol. The first-order chi connectivity index (χ1) is 9.84. The Labute approximate surface area is 123 Å². The highest BCUT2D eigenvalue weighted by Gasteiger charge is 2.38. The van der Waals surface area contributed by atoms with Crippen LogP contribution in [0, 0.1) is 6.92 Å². The van der Waals surface area contributed by atoms with E-state index in [4.69, 9.17) is 9.47 Å². The molecule has 0 atom stereocenters. The van der Waals surface area contributed by atoms with Crippen molar-refractivity contribution in [1.29, 1.82) is 0 Å². The van der Waals surface area contributed by atoms with E-state index in [0.717, 1.165) is 16.9 Å². The molecule has 2 rings (SSSR count). The first-order valence-electron chi connectivity index (χ1n) is 6.55. The molecule has 1 saturated heterocycles. The summed E-state index contributed by atoms with van der Waals surface area (Å²) >= 11 is 0. The van der Waals surface area contributed by atoms with Crippen molar-refractivity contribution in [1.82, 2.24) is 0 Å². The number of rotatable bonds is 3. The third-order valence-electron chi connectivity index (χ3n) is 3.01.